The Bertz CT molecular complexity index is 1380. The molecule has 1 aliphatic heterocycles. The van der Waals surface area contributed by atoms with Gasteiger partial charge in [0, 0.05) is 56.5 Å². The largest absolute Gasteiger partial charge is 0.361 e. The topological polar surface area (TPSA) is 120 Å². The summed E-state index contributed by atoms with van der Waals surface area (Å²) in [6, 6.07) is 12.9. The lowest BCUT2D eigenvalue weighted by atomic mass is 10.1. The van der Waals surface area contributed by atoms with E-state index in [2.05, 4.69) is 26.0 Å². The van der Waals surface area contributed by atoms with Crippen LogP contribution in [-0.2, 0) is 13.1 Å². The highest BCUT2D eigenvalue weighted by Gasteiger charge is 2.24. The van der Waals surface area contributed by atoms with Gasteiger partial charge in [-0.2, -0.15) is 0 Å². The van der Waals surface area contributed by atoms with Crippen molar-refractivity contribution in [2.45, 2.75) is 32.9 Å². The number of urea groups is 1. The van der Waals surface area contributed by atoms with E-state index in [9.17, 15) is 18.8 Å². The molecule has 0 atom stereocenters. The third-order valence-electron chi connectivity index (χ3n) is 7.07. The molecule has 0 unspecified atom stereocenters. The molecule has 40 heavy (non-hydrogen) atoms. The lowest BCUT2D eigenvalue weighted by Gasteiger charge is -2.35. The molecule has 0 spiro atoms. The maximum absolute atomic E-state index is 14.6. The molecule has 1 saturated carbocycles. The molecule has 0 bridgehead atoms. The van der Waals surface area contributed by atoms with Gasteiger partial charge in [0.2, 0.25) is 0 Å². The van der Waals surface area contributed by atoms with E-state index in [1.807, 2.05) is 18.2 Å². The number of benzene rings is 2. The fraction of sp³-hybridized carbons (Fsp3) is 0.379. The molecule has 10 nitrogen and oxygen atoms in total. The number of nitrogens with one attached hydrogen (secondary N) is 3. The number of hydrogen-bond acceptors (Lipinski definition) is 6. The van der Waals surface area contributed by atoms with Crippen LogP contribution >= 0.6 is 0 Å². The summed E-state index contributed by atoms with van der Waals surface area (Å²) in [6.07, 6.45) is 2.22. The van der Waals surface area contributed by atoms with Gasteiger partial charge < -0.3 is 25.4 Å². The molecule has 4 amide bonds. The van der Waals surface area contributed by atoms with Gasteiger partial charge in [0.25, 0.3) is 11.8 Å². The fourth-order valence-electron chi connectivity index (χ4n) is 4.61. The molecular weight excluding hydrogens is 515 g/mol. The van der Waals surface area contributed by atoms with Gasteiger partial charge in [0.1, 0.15) is 17.3 Å². The number of piperazine rings is 1. The highest BCUT2D eigenvalue weighted by atomic mass is 19.1. The Morgan fingerprint density at radius 2 is 1.80 bits per heavy atom. The Balaban J connectivity index is 1.09. The maximum atomic E-state index is 14.6. The number of anilines is 1. The molecule has 1 aromatic heterocycles. The molecule has 5 rings (SSSR count). The molecule has 11 heteroatoms. The van der Waals surface area contributed by atoms with Crippen LogP contribution in [0.15, 0.2) is 53.1 Å². The van der Waals surface area contributed by atoms with Crippen LogP contribution in [-0.4, -0.2) is 65.5 Å². The van der Waals surface area contributed by atoms with Gasteiger partial charge >= 0.3 is 6.03 Å². The summed E-state index contributed by atoms with van der Waals surface area (Å²) < 4.78 is 19.6. The number of carbonyl (C=O) groups is 3. The highest BCUT2D eigenvalue weighted by molar-refractivity contribution is 5.96. The molecule has 3 aromatic rings. The molecule has 1 aliphatic carbocycles. The second kappa shape index (κ2) is 12.3. The van der Waals surface area contributed by atoms with Crippen molar-refractivity contribution in [2.24, 2.45) is 5.92 Å². The van der Waals surface area contributed by atoms with Crippen molar-refractivity contribution in [2.75, 3.05) is 38.0 Å². The Kier molecular flexibility index (Phi) is 8.40. The standard InChI is InChI=1S/C29H33FN6O4/c1-19-13-24(34-40-19)17-31-27(37)22-4-2-3-21(14-22)18-35-9-11-36(12-10-35)28(38)23-7-8-26(25(30)15-23)33-29(39)32-16-20-5-6-20/h2-4,7-8,13-15,20H,5-6,9-12,16-18H2,1H3,(H,31,37)(H2,32,33,39). The Hall–Kier alpha value is -4.25. The van der Waals surface area contributed by atoms with Crippen molar-refractivity contribution in [1.82, 2.24) is 25.6 Å². The van der Waals surface area contributed by atoms with Crippen LogP contribution in [0.4, 0.5) is 14.9 Å². The zero-order valence-electron chi connectivity index (χ0n) is 22.4. The normalized spacial score (nSPS) is 15.5. The van der Waals surface area contributed by atoms with Crippen LogP contribution < -0.4 is 16.0 Å². The third-order valence-corrected chi connectivity index (χ3v) is 7.07. The molecule has 210 valence electrons. The van der Waals surface area contributed by atoms with Gasteiger partial charge in [-0.15, -0.1) is 0 Å². The number of amides is 4. The Morgan fingerprint density at radius 3 is 2.50 bits per heavy atom. The minimum absolute atomic E-state index is 0.0406. The van der Waals surface area contributed by atoms with Gasteiger partial charge in [-0.05, 0) is 61.6 Å². The van der Waals surface area contributed by atoms with Crippen LogP contribution in [0.2, 0.25) is 0 Å². The van der Waals surface area contributed by atoms with Gasteiger partial charge in [-0.3, -0.25) is 14.5 Å². The first-order valence-electron chi connectivity index (χ1n) is 13.5. The molecule has 2 heterocycles. The number of rotatable bonds is 9. The van der Waals surface area contributed by atoms with E-state index in [1.165, 1.54) is 18.2 Å². The summed E-state index contributed by atoms with van der Waals surface area (Å²) in [5, 5.41) is 12.0. The van der Waals surface area contributed by atoms with E-state index in [1.54, 1.807) is 24.0 Å². The molecule has 3 N–H and O–H groups in total. The van der Waals surface area contributed by atoms with Gasteiger partial charge in [-0.1, -0.05) is 17.3 Å². The predicted molar refractivity (Wildman–Crippen MR) is 146 cm³/mol. The zero-order valence-corrected chi connectivity index (χ0v) is 22.4. The second-order valence-electron chi connectivity index (χ2n) is 10.4. The quantitative estimate of drug-likeness (QED) is 0.376. The highest BCUT2D eigenvalue weighted by Crippen LogP contribution is 2.27. The lowest BCUT2D eigenvalue weighted by molar-refractivity contribution is 0.0627. The molecule has 1 saturated heterocycles. The van der Waals surface area contributed by atoms with Crippen LogP contribution in [0.5, 0.6) is 0 Å². The molecule has 2 aliphatic rings. The third kappa shape index (κ3) is 7.23. The van der Waals surface area contributed by atoms with Crippen LogP contribution in [0, 0.1) is 18.7 Å². The van der Waals surface area contributed by atoms with E-state index in [4.69, 9.17) is 4.52 Å². The summed E-state index contributed by atoms with van der Waals surface area (Å²) >= 11 is 0. The minimum Gasteiger partial charge on any atom is -0.361 e. The number of aromatic nitrogens is 1. The van der Waals surface area contributed by atoms with Crippen molar-refractivity contribution in [3.63, 3.8) is 0 Å². The number of nitrogens with zero attached hydrogens (tertiary/aromatic N) is 3. The summed E-state index contributed by atoms with van der Waals surface area (Å²) in [7, 11) is 0. The van der Waals surface area contributed by atoms with Crippen molar-refractivity contribution in [3.05, 3.63) is 82.5 Å². The van der Waals surface area contributed by atoms with E-state index in [-0.39, 0.29) is 29.6 Å². The Morgan fingerprint density at radius 1 is 1.00 bits per heavy atom. The first-order chi connectivity index (χ1) is 19.3. The first kappa shape index (κ1) is 27.3. The number of carbonyl (C=O) groups excluding carboxylic acids is 3. The van der Waals surface area contributed by atoms with E-state index in [0.29, 0.717) is 62.2 Å². The molecule has 2 fully saturated rings. The van der Waals surface area contributed by atoms with E-state index >= 15 is 0 Å². The van der Waals surface area contributed by atoms with Crippen LogP contribution in [0.1, 0.15) is 50.6 Å². The average Bonchev–Trinajstić information content (AvgIpc) is 3.70. The second-order valence-corrected chi connectivity index (χ2v) is 10.4. The number of aryl methyl sites for hydroxylation is 1. The van der Waals surface area contributed by atoms with Gasteiger partial charge in [-0.25, -0.2) is 9.18 Å². The van der Waals surface area contributed by atoms with E-state index < -0.39 is 11.8 Å². The number of hydrogen-bond donors (Lipinski definition) is 3. The van der Waals surface area contributed by atoms with Gasteiger partial charge in [0.15, 0.2) is 0 Å². The zero-order chi connectivity index (χ0) is 28.1. The van der Waals surface area contributed by atoms with Gasteiger partial charge in [0.05, 0.1) is 12.2 Å². The minimum atomic E-state index is -0.647. The SMILES string of the molecule is Cc1cc(CNC(=O)c2cccc(CN3CCN(C(=O)c4ccc(NC(=O)NCC5CC5)c(F)c4)CC3)c2)no1. The maximum Gasteiger partial charge on any atom is 0.319 e. The summed E-state index contributed by atoms with van der Waals surface area (Å²) in [5.41, 5.74) is 2.51. The molecule has 2 aromatic carbocycles. The number of halogens is 1. The van der Waals surface area contributed by atoms with Crippen molar-refractivity contribution >= 4 is 23.5 Å². The first-order valence-corrected chi connectivity index (χ1v) is 13.5. The summed E-state index contributed by atoms with van der Waals surface area (Å²) in [4.78, 5) is 41.5. The summed E-state index contributed by atoms with van der Waals surface area (Å²) in [6.45, 7) is 5.61. The smallest absolute Gasteiger partial charge is 0.319 e. The monoisotopic (exact) mass is 548 g/mol. The fourth-order valence-corrected chi connectivity index (χ4v) is 4.61. The lowest BCUT2D eigenvalue weighted by Crippen LogP contribution is -2.48. The van der Waals surface area contributed by atoms with Crippen molar-refractivity contribution < 1.29 is 23.3 Å². The average molecular weight is 549 g/mol. The summed E-state index contributed by atoms with van der Waals surface area (Å²) in [5.74, 6) is 0.129. The van der Waals surface area contributed by atoms with Crippen LogP contribution in [0.3, 0.4) is 0 Å². The van der Waals surface area contributed by atoms with E-state index in [0.717, 1.165) is 18.4 Å². The Labute approximate surface area is 231 Å². The van der Waals surface area contributed by atoms with Crippen molar-refractivity contribution in [1.29, 1.82) is 0 Å². The molecule has 0 radical (unpaired) electrons. The predicted octanol–water partition coefficient (Wildman–Crippen LogP) is 3.54. The molecular formula is C29H33FN6O4. The van der Waals surface area contributed by atoms with Crippen LogP contribution in [0.25, 0.3) is 0 Å². The van der Waals surface area contributed by atoms with Crippen molar-refractivity contribution in [3.8, 4) is 0 Å².